The number of hydrogen-bond acceptors (Lipinski definition) is 6. The minimum absolute atomic E-state index is 0.0367. The standard InChI is InChI=1S/C40H24N4O6/c1-4-6-7-8-9-10-11-12-13-14-15-16-17-18-22-25-37(45)41-34-26-27-36(49-3)35(29-34)44(50-28-5-2)39(47)32-43-38(46)31-42(40(43)48)30-33-23-20-19-21-24-33/h19-21,23-24,26-27,29H,30-32H2,1-3H3,(H,41,45). The fraction of sp³-hybridized carbons (Fsp3) is 0.150. The highest BCUT2D eigenvalue weighted by Gasteiger charge is 2.38. The molecule has 0 radical (unpaired) electrons. The summed E-state index contributed by atoms with van der Waals surface area (Å²) in [4.78, 5) is 59.3. The molecule has 0 atom stereocenters. The molecular weight excluding hydrogens is 632 g/mol. The van der Waals surface area contributed by atoms with Crippen LogP contribution < -0.4 is 15.1 Å². The van der Waals surface area contributed by atoms with E-state index in [-0.39, 0.29) is 30.2 Å². The van der Waals surface area contributed by atoms with E-state index >= 15 is 0 Å². The van der Waals surface area contributed by atoms with Gasteiger partial charge >= 0.3 is 11.9 Å². The van der Waals surface area contributed by atoms with Gasteiger partial charge in [-0.25, -0.2) is 4.79 Å². The summed E-state index contributed by atoms with van der Waals surface area (Å²) < 4.78 is 5.39. The van der Waals surface area contributed by atoms with Gasteiger partial charge in [-0.05, 0) is 114 Å². The summed E-state index contributed by atoms with van der Waals surface area (Å²) in [5.41, 5.74) is 1.08. The van der Waals surface area contributed by atoms with Crippen molar-refractivity contribution in [1.29, 1.82) is 0 Å². The number of methoxy groups -OCH3 is 1. The Hall–Kier alpha value is -8.04. The highest BCUT2D eigenvalue weighted by atomic mass is 16.7. The van der Waals surface area contributed by atoms with Crippen molar-refractivity contribution in [1.82, 2.24) is 9.80 Å². The minimum Gasteiger partial charge on any atom is -0.494 e. The number of amides is 5. The zero-order valence-electron chi connectivity index (χ0n) is 27.0. The molecule has 50 heavy (non-hydrogen) atoms. The van der Waals surface area contributed by atoms with Crippen molar-refractivity contribution in [3.63, 3.8) is 0 Å². The van der Waals surface area contributed by atoms with E-state index in [2.05, 4.69) is 112 Å². The quantitative estimate of drug-likeness (QED) is 0.266. The molecule has 0 saturated carbocycles. The van der Waals surface area contributed by atoms with Crippen molar-refractivity contribution in [2.24, 2.45) is 0 Å². The third-order valence-corrected chi connectivity index (χ3v) is 5.87. The van der Waals surface area contributed by atoms with Crippen LogP contribution in [0.2, 0.25) is 0 Å². The summed E-state index contributed by atoms with van der Waals surface area (Å²) in [5.74, 6) is 40.2. The lowest BCUT2D eigenvalue weighted by atomic mass is 10.2. The van der Waals surface area contributed by atoms with Crippen LogP contribution in [0.4, 0.5) is 16.2 Å². The molecule has 2 aromatic rings. The fourth-order valence-corrected chi connectivity index (χ4v) is 3.82. The molecule has 0 unspecified atom stereocenters. The summed E-state index contributed by atoms with van der Waals surface area (Å²) in [7, 11) is 1.36. The van der Waals surface area contributed by atoms with E-state index in [9.17, 15) is 19.2 Å². The Morgan fingerprint density at radius 2 is 1.40 bits per heavy atom. The highest BCUT2D eigenvalue weighted by Crippen LogP contribution is 2.32. The molecule has 0 aliphatic carbocycles. The number of nitrogens with one attached hydrogen (secondary N) is 1. The molecule has 240 valence electrons. The SMILES string of the molecule is CC#CC#CC#CC#CC#CC#CC#CC#CC(=O)Nc1ccc(OC)c(N(OC#CC)C(=O)CN2C(=O)CN(Cc3ccccc3)C2=O)c1. The fourth-order valence-electron chi connectivity index (χ4n) is 3.82. The molecule has 1 aliphatic rings. The Kier molecular flexibility index (Phi) is 14.7. The zero-order chi connectivity index (χ0) is 36.0. The van der Waals surface area contributed by atoms with Gasteiger partial charge in [0.1, 0.15) is 30.6 Å². The van der Waals surface area contributed by atoms with Crippen LogP contribution in [0.25, 0.3) is 0 Å². The number of hydroxylamine groups is 1. The van der Waals surface area contributed by atoms with Crippen LogP contribution in [0.15, 0.2) is 48.5 Å². The van der Waals surface area contributed by atoms with Crippen LogP contribution in [0.1, 0.15) is 19.4 Å². The average Bonchev–Trinajstić information content (AvgIpc) is 3.37. The lowest BCUT2D eigenvalue weighted by Gasteiger charge is -2.23. The molecule has 2 aromatic carbocycles. The molecule has 0 spiro atoms. The van der Waals surface area contributed by atoms with Gasteiger partial charge in [0.2, 0.25) is 0 Å². The molecule has 3 rings (SSSR count). The Labute approximate surface area is 290 Å². The number of carbonyl (C=O) groups excluding carboxylic acids is 4. The third kappa shape index (κ3) is 11.7. The Bertz CT molecular complexity index is 2260. The van der Waals surface area contributed by atoms with Crippen molar-refractivity contribution in [3.8, 4) is 113 Å². The van der Waals surface area contributed by atoms with Crippen molar-refractivity contribution in [3.05, 3.63) is 54.1 Å². The van der Waals surface area contributed by atoms with Crippen LogP contribution in [0.3, 0.4) is 0 Å². The van der Waals surface area contributed by atoms with E-state index in [0.29, 0.717) is 0 Å². The second kappa shape index (κ2) is 20.2. The van der Waals surface area contributed by atoms with Crippen molar-refractivity contribution < 1.29 is 28.8 Å². The lowest BCUT2D eigenvalue weighted by Crippen LogP contribution is -2.43. The third-order valence-electron chi connectivity index (χ3n) is 5.87. The number of nitrogens with zero attached hydrogens (tertiary/aromatic N) is 3. The Morgan fingerprint density at radius 3 is 1.98 bits per heavy atom. The number of hydrogen-bond donors (Lipinski definition) is 1. The van der Waals surface area contributed by atoms with Gasteiger partial charge in [-0.1, -0.05) is 42.2 Å². The van der Waals surface area contributed by atoms with E-state index in [4.69, 9.17) is 9.57 Å². The molecule has 1 fully saturated rings. The monoisotopic (exact) mass is 656 g/mol. The van der Waals surface area contributed by atoms with Crippen molar-refractivity contribution in [2.75, 3.05) is 30.6 Å². The van der Waals surface area contributed by atoms with E-state index < -0.39 is 30.3 Å². The maximum Gasteiger partial charge on any atom is 0.328 e. The molecule has 1 N–H and O–H groups in total. The van der Waals surface area contributed by atoms with Crippen LogP contribution in [-0.2, 0) is 25.8 Å². The molecular formula is C40H24N4O6. The number of carbonyl (C=O) groups is 4. The molecule has 1 heterocycles. The predicted octanol–water partition coefficient (Wildman–Crippen LogP) is 2.39. The van der Waals surface area contributed by atoms with Gasteiger partial charge in [0.25, 0.3) is 11.8 Å². The van der Waals surface area contributed by atoms with E-state index in [1.54, 1.807) is 6.92 Å². The second-order valence-electron chi connectivity index (χ2n) is 9.20. The smallest absolute Gasteiger partial charge is 0.328 e. The number of anilines is 2. The summed E-state index contributed by atoms with van der Waals surface area (Å²) in [6.07, 6.45) is 2.34. The topological polar surface area (TPSA) is 108 Å². The van der Waals surface area contributed by atoms with E-state index in [0.717, 1.165) is 15.5 Å². The van der Waals surface area contributed by atoms with Crippen molar-refractivity contribution >= 4 is 35.1 Å². The van der Waals surface area contributed by atoms with Gasteiger partial charge in [-0.3, -0.25) is 19.3 Å². The normalized spacial score (nSPS) is 9.90. The lowest BCUT2D eigenvalue weighted by molar-refractivity contribution is -0.131. The Balaban J connectivity index is 1.68. The molecule has 0 aromatic heterocycles. The molecule has 1 saturated heterocycles. The minimum atomic E-state index is -0.803. The highest BCUT2D eigenvalue weighted by molar-refractivity contribution is 6.07. The number of benzene rings is 2. The number of ether oxygens (including phenoxy) is 1. The van der Waals surface area contributed by atoms with E-state index in [1.807, 2.05) is 30.3 Å². The first-order valence-corrected chi connectivity index (χ1v) is 14.3. The maximum atomic E-state index is 13.5. The van der Waals surface area contributed by atoms with Gasteiger partial charge in [0, 0.05) is 25.1 Å². The zero-order valence-corrected chi connectivity index (χ0v) is 27.0. The molecule has 5 amide bonds. The Morgan fingerprint density at radius 1 is 0.800 bits per heavy atom. The average molecular weight is 657 g/mol. The predicted molar refractivity (Wildman–Crippen MR) is 185 cm³/mol. The van der Waals surface area contributed by atoms with Crippen molar-refractivity contribution in [2.45, 2.75) is 20.4 Å². The first kappa shape index (κ1) is 36.4. The summed E-state index contributed by atoms with van der Waals surface area (Å²) in [6, 6.07) is 12.9. The molecule has 10 nitrogen and oxygen atoms in total. The van der Waals surface area contributed by atoms with Gasteiger partial charge in [0.15, 0.2) is 0 Å². The molecule has 0 bridgehead atoms. The summed E-state index contributed by atoms with van der Waals surface area (Å²) >= 11 is 0. The molecule has 1 aliphatic heterocycles. The van der Waals surface area contributed by atoms with Crippen LogP contribution >= 0.6 is 0 Å². The van der Waals surface area contributed by atoms with Gasteiger partial charge in [0.05, 0.1) is 7.11 Å². The summed E-state index contributed by atoms with van der Waals surface area (Å²) in [5, 5.41) is 3.34. The van der Waals surface area contributed by atoms with Gasteiger partial charge in [-0.2, -0.15) is 0 Å². The number of rotatable bonds is 8. The van der Waals surface area contributed by atoms with Crippen LogP contribution in [0, 0.1) is 107 Å². The number of imide groups is 1. The summed E-state index contributed by atoms with van der Waals surface area (Å²) in [6.45, 7) is 2.53. The number of urea groups is 1. The maximum absolute atomic E-state index is 13.5. The van der Waals surface area contributed by atoms with E-state index in [1.165, 1.54) is 37.1 Å². The first-order valence-electron chi connectivity index (χ1n) is 14.3. The van der Waals surface area contributed by atoms with Crippen LogP contribution in [0.5, 0.6) is 5.75 Å². The largest absolute Gasteiger partial charge is 0.494 e. The van der Waals surface area contributed by atoms with Gasteiger partial charge in [-0.15, -0.1) is 5.06 Å². The second-order valence-corrected chi connectivity index (χ2v) is 9.20. The first-order chi connectivity index (χ1) is 24.4. The van der Waals surface area contributed by atoms with Crippen LogP contribution in [-0.4, -0.2) is 53.8 Å². The van der Waals surface area contributed by atoms with Gasteiger partial charge < -0.3 is 19.8 Å². The molecule has 10 heteroatoms.